The summed E-state index contributed by atoms with van der Waals surface area (Å²) in [6, 6.07) is 0. The molecule has 3 unspecified atom stereocenters. The van der Waals surface area contributed by atoms with Crippen molar-refractivity contribution in [2.24, 2.45) is 0 Å². The quantitative estimate of drug-likeness (QED) is 0.548. The first-order chi connectivity index (χ1) is 7.32. The van der Waals surface area contributed by atoms with Crippen LogP contribution < -0.4 is 0 Å². The molecule has 16 heavy (non-hydrogen) atoms. The summed E-state index contributed by atoms with van der Waals surface area (Å²) in [4.78, 5) is 0. The van der Waals surface area contributed by atoms with Gasteiger partial charge < -0.3 is 9.47 Å². The Labute approximate surface area is 111 Å². The summed E-state index contributed by atoms with van der Waals surface area (Å²) in [5.74, 6) is 0.373. The zero-order valence-corrected chi connectivity index (χ0v) is 12.9. The van der Waals surface area contributed by atoms with Gasteiger partial charge >= 0.3 is 0 Å². The van der Waals surface area contributed by atoms with Crippen molar-refractivity contribution in [3.8, 4) is 0 Å². The lowest BCUT2D eigenvalue weighted by Crippen LogP contribution is -2.36. The average Bonchev–Trinajstić information content (AvgIpc) is 2.48. The van der Waals surface area contributed by atoms with Gasteiger partial charge in [0.1, 0.15) is 0 Å². The van der Waals surface area contributed by atoms with Gasteiger partial charge in [0.25, 0.3) is 0 Å². The maximum absolute atomic E-state index is 11.4. The molecule has 0 radical (unpaired) electrons. The van der Waals surface area contributed by atoms with E-state index in [-0.39, 0.29) is 27.1 Å². The molecule has 0 bridgehead atoms. The number of methoxy groups -OCH3 is 1. The molecule has 1 aliphatic rings. The second kappa shape index (κ2) is 5.49. The van der Waals surface area contributed by atoms with Gasteiger partial charge in [-0.1, -0.05) is 29.5 Å². The fourth-order valence-corrected chi connectivity index (χ4v) is 5.63. The Balaban J connectivity index is 2.51. The number of hydrogen-bond donors (Lipinski definition) is 0. The third-order valence-electron chi connectivity index (χ3n) is 3.08. The lowest BCUT2D eigenvalue weighted by molar-refractivity contribution is -0.0801. The summed E-state index contributed by atoms with van der Waals surface area (Å²) in [5, 5.41) is 0. The van der Waals surface area contributed by atoms with E-state index < -0.39 is 9.84 Å². The molecular formula is C10H19IO4S. The third kappa shape index (κ3) is 3.82. The van der Waals surface area contributed by atoms with E-state index in [4.69, 9.17) is 9.47 Å². The molecule has 1 fully saturated rings. The molecule has 1 heterocycles. The molecule has 0 aromatic rings. The summed E-state index contributed by atoms with van der Waals surface area (Å²) >= 11 is 2.15. The highest BCUT2D eigenvalue weighted by Gasteiger charge is 2.38. The smallest absolute Gasteiger partial charge is 0.154 e. The summed E-state index contributed by atoms with van der Waals surface area (Å²) in [7, 11) is -1.25. The Morgan fingerprint density at radius 3 is 2.44 bits per heavy atom. The van der Waals surface area contributed by atoms with Crippen molar-refractivity contribution in [2.75, 3.05) is 25.2 Å². The first-order valence-corrected chi connectivity index (χ1v) is 8.40. The van der Waals surface area contributed by atoms with E-state index in [2.05, 4.69) is 22.6 Å². The van der Waals surface area contributed by atoms with Crippen LogP contribution in [0.25, 0.3) is 0 Å². The zero-order chi connectivity index (χ0) is 12.4. The maximum Gasteiger partial charge on any atom is 0.154 e. The minimum atomic E-state index is -2.90. The fourth-order valence-electron chi connectivity index (χ4n) is 1.51. The van der Waals surface area contributed by atoms with Crippen molar-refractivity contribution in [1.29, 1.82) is 0 Å². The Morgan fingerprint density at radius 2 is 2.06 bits per heavy atom. The maximum atomic E-state index is 11.4. The minimum absolute atomic E-state index is 0.0561. The molecule has 4 nitrogen and oxygen atoms in total. The molecule has 0 aromatic heterocycles. The van der Waals surface area contributed by atoms with Crippen LogP contribution in [0.1, 0.15) is 20.3 Å². The second-order valence-corrected chi connectivity index (χ2v) is 8.20. The molecule has 1 saturated heterocycles. The lowest BCUT2D eigenvalue weighted by Gasteiger charge is -2.28. The standard InChI is InChI=1S/C10H19IO4S/c1-4-10(2,14-3)7-15-9-6-16(12,13)5-8(9)11/h8-9H,4-7H2,1-3H3. The number of rotatable bonds is 5. The molecule has 0 saturated carbocycles. The summed E-state index contributed by atoms with van der Waals surface area (Å²) < 4.78 is 33.9. The normalized spacial score (nSPS) is 32.5. The molecule has 0 N–H and O–H groups in total. The number of hydrogen-bond acceptors (Lipinski definition) is 4. The van der Waals surface area contributed by atoms with E-state index >= 15 is 0 Å². The van der Waals surface area contributed by atoms with Crippen LogP contribution in [0.3, 0.4) is 0 Å². The first-order valence-electron chi connectivity index (χ1n) is 5.33. The van der Waals surface area contributed by atoms with Gasteiger partial charge in [-0.3, -0.25) is 0 Å². The number of halogens is 1. The molecule has 0 aromatic carbocycles. The van der Waals surface area contributed by atoms with Crippen LogP contribution in [0, 0.1) is 0 Å². The Hall–Kier alpha value is 0.600. The number of alkyl halides is 1. The molecule has 0 amide bonds. The molecule has 0 spiro atoms. The van der Waals surface area contributed by atoms with Crippen molar-refractivity contribution < 1.29 is 17.9 Å². The molecule has 3 atom stereocenters. The van der Waals surface area contributed by atoms with Gasteiger partial charge in [-0.15, -0.1) is 0 Å². The molecule has 1 aliphatic heterocycles. The fraction of sp³-hybridized carbons (Fsp3) is 1.00. The van der Waals surface area contributed by atoms with Crippen molar-refractivity contribution in [2.45, 2.75) is 35.9 Å². The van der Waals surface area contributed by atoms with Gasteiger partial charge in [0.05, 0.1) is 33.7 Å². The SMILES string of the molecule is CCC(C)(COC1CS(=O)(=O)CC1I)OC. The van der Waals surface area contributed by atoms with Gasteiger partial charge in [-0.05, 0) is 13.3 Å². The third-order valence-corrected chi connectivity index (χ3v) is 6.62. The summed E-state index contributed by atoms with van der Waals surface area (Å²) in [6.45, 7) is 4.44. The zero-order valence-electron chi connectivity index (χ0n) is 9.90. The lowest BCUT2D eigenvalue weighted by atomic mass is 10.1. The highest BCUT2D eigenvalue weighted by Crippen LogP contribution is 2.25. The van der Waals surface area contributed by atoms with Gasteiger partial charge in [-0.2, -0.15) is 0 Å². The van der Waals surface area contributed by atoms with E-state index in [1.807, 2.05) is 13.8 Å². The van der Waals surface area contributed by atoms with Gasteiger partial charge in [0.15, 0.2) is 9.84 Å². The van der Waals surface area contributed by atoms with Crippen LogP contribution in [0.2, 0.25) is 0 Å². The Kier molecular flexibility index (Phi) is 5.03. The second-order valence-electron chi connectivity index (χ2n) is 4.45. The van der Waals surface area contributed by atoms with Gasteiger partial charge in [0.2, 0.25) is 0 Å². The first kappa shape index (κ1) is 14.7. The van der Waals surface area contributed by atoms with E-state index in [1.54, 1.807) is 7.11 Å². The predicted molar refractivity (Wildman–Crippen MR) is 71.9 cm³/mol. The van der Waals surface area contributed by atoms with E-state index in [9.17, 15) is 8.42 Å². The molecule has 1 rings (SSSR count). The van der Waals surface area contributed by atoms with Crippen LogP contribution in [-0.2, 0) is 19.3 Å². The van der Waals surface area contributed by atoms with E-state index in [0.717, 1.165) is 6.42 Å². The molecular weight excluding hydrogens is 343 g/mol. The van der Waals surface area contributed by atoms with Crippen molar-refractivity contribution in [3.63, 3.8) is 0 Å². The van der Waals surface area contributed by atoms with Crippen LogP contribution >= 0.6 is 22.6 Å². The molecule has 6 heteroatoms. The largest absolute Gasteiger partial charge is 0.376 e. The monoisotopic (exact) mass is 362 g/mol. The summed E-state index contributed by atoms with van der Waals surface area (Å²) in [6.07, 6.45) is 0.654. The molecule has 96 valence electrons. The highest BCUT2D eigenvalue weighted by atomic mass is 127. The van der Waals surface area contributed by atoms with Crippen molar-refractivity contribution in [3.05, 3.63) is 0 Å². The van der Waals surface area contributed by atoms with Crippen LogP contribution in [0.5, 0.6) is 0 Å². The van der Waals surface area contributed by atoms with Crippen molar-refractivity contribution >= 4 is 32.4 Å². The number of sulfone groups is 1. The Bertz CT molecular complexity index is 324. The topological polar surface area (TPSA) is 52.6 Å². The summed E-state index contributed by atoms with van der Waals surface area (Å²) in [5.41, 5.74) is -0.317. The van der Waals surface area contributed by atoms with Crippen LogP contribution in [0.15, 0.2) is 0 Å². The highest BCUT2D eigenvalue weighted by molar-refractivity contribution is 14.1. The van der Waals surface area contributed by atoms with E-state index in [1.165, 1.54) is 0 Å². The minimum Gasteiger partial charge on any atom is -0.376 e. The van der Waals surface area contributed by atoms with Crippen LogP contribution in [0.4, 0.5) is 0 Å². The number of ether oxygens (including phenoxy) is 2. The molecule has 0 aliphatic carbocycles. The van der Waals surface area contributed by atoms with Crippen molar-refractivity contribution in [1.82, 2.24) is 0 Å². The van der Waals surface area contributed by atoms with Gasteiger partial charge in [0, 0.05) is 7.11 Å². The average molecular weight is 362 g/mol. The predicted octanol–water partition coefficient (Wildman–Crippen LogP) is 1.42. The Morgan fingerprint density at radius 1 is 1.44 bits per heavy atom. The van der Waals surface area contributed by atoms with E-state index in [0.29, 0.717) is 6.61 Å². The van der Waals surface area contributed by atoms with Crippen LogP contribution in [-0.4, -0.2) is 49.3 Å². The van der Waals surface area contributed by atoms with Gasteiger partial charge in [-0.25, -0.2) is 8.42 Å².